The van der Waals surface area contributed by atoms with E-state index in [1.165, 1.54) is 12.1 Å². The number of sulfone groups is 1. The van der Waals surface area contributed by atoms with E-state index in [9.17, 15) is 12.8 Å². The van der Waals surface area contributed by atoms with Gasteiger partial charge in [-0.3, -0.25) is 4.99 Å². The van der Waals surface area contributed by atoms with Crippen molar-refractivity contribution in [3.63, 3.8) is 0 Å². The Hall–Kier alpha value is -1.63. The van der Waals surface area contributed by atoms with Crippen LogP contribution in [-0.4, -0.2) is 38.5 Å². The Morgan fingerprint density at radius 1 is 1.18 bits per heavy atom. The second kappa shape index (κ2) is 7.58. The zero-order valence-electron chi connectivity index (χ0n) is 13.5. The van der Waals surface area contributed by atoms with E-state index < -0.39 is 14.6 Å². The molecule has 0 radical (unpaired) electrons. The van der Waals surface area contributed by atoms with Crippen LogP contribution in [0.2, 0.25) is 0 Å². The molecule has 7 heteroatoms. The number of rotatable bonds is 5. The number of nitrogens with one attached hydrogen (secondary N) is 2. The van der Waals surface area contributed by atoms with Crippen LogP contribution in [0, 0.1) is 5.82 Å². The fourth-order valence-electron chi connectivity index (χ4n) is 1.62. The molecule has 0 spiro atoms. The maximum atomic E-state index is 12.8. The third-order valence-corrected chi connectivity index (χ3v) is 5.80. The predicted molar refractivity (Wildman–Crippen MR) is 88.1 cm³/mol. The van der Waals surface area contributed by atoms with Crippen molar-refractivity contribution in [3.05, 3.63) is 35.6 Å². The first-order chi connectivity index (χ1) is 10.2. The summed E-state index contributed by atoms with van der Waals surface area (Å²) < 4.78 is 36.0. The summed E-state index contributed by atoms with van der Waals surface area (Å²) in [7, 11) is -1.55. The number of hydrogen-bond donors (Lipinski definition) is 2. The molecule has 0 amide bonds. The topological polar surface area (TPSA) is 70.6 Å². The van der Waals surface area contributed by atoms with Crippen molar-refractivity contribution in [1.29, 1.82) is 0 Å². The van der Waals surface area contributed by atoms with Gasteiger partial charge in [-0.2, -0.15) is 0 Å². The average molecular weight is 329 g/mol. The average Bonchev–Trinajstić information content (AvgIpc) is 2.43. The molecule has 5 nitrogen and oxygen atoms in total. The van der Waals surface area contributed by atoms with Gasteiger partial charge in [-0.15, -0.1) is 0 Å². The zero-order valence-corrected chi connectivity index (χ0v) is 14.3. The van der Waals surface area contributed by atoms with Gasteiger partial charge in [-0.05, 0) is 38.5 Å². The normalized spacial score (nSPS) is 13.0. The van der Waals surface area contributed by atoms with Crippen molar-refractivity contribution in [2.45, 2.75) is 32.1 Å². The molecule has 124 valence electrons. The monoisotopic (exact) mass is 329 g/mol. The molecule has 0 aromatic heterocycles. The molecule has 2 N–H and O–H groups in total. The summed E-state index contributed by atoms with van der Waals surface area (Å²) in [6.45, 7) is 5.81. The van der Waals surface area contributed by atoms with Crippen LogP contribution in [0.1, 0.15) is 26.3 Å². The summed E-state index contributed by atoms with van der Waals surface area (Å²) in [5.41, 5.74) is 0.909. The van der Waals surface area contributed by atoms with E-state index >= 15 is 0 Å². The molecule has 0 atom stereocenters. The Balaban J connectivity index is 2.45. The Bertz CT molecular complexity index is 605. The lowest BCUT2D eigenvalue weighted by Gasteiger charge is -2.19. The maximum Gasteiger partial charge on any atom is 0.191 e. The van der Waals surface area contributed by atoms with Gasteiger partial charge in [0.15, 0.2) is 15.8 Å². The van der Waals surface area contributed by atoms with Gasteiger partial charge in [0.25, 0.3) is 0 Å². The van der Waals surface area contributed by atoms with E-state index in [2.05, 4.69) is 15.6 Å². The van der Waals surface area contributed by atoms with Gasteiger partial charge >= 0.3 is 0 Å². The van der Waals surface area contributed by atoms with Crippen molar-refractivity contribution in [1.82, 2.24) is 10.6 Å². The molecule has 1 aromatic carbocycles. The van der Waals surface area contributed by atoms with Crippen LogP contribution in [0.15, 0.2) is 29.3 Å². The molecule has 1 rings (SSSR count). The van der Waals surface area contributed by atoms with E-state index in [1.807, 2.05) is 0 Å². The van der Waals surface area contributed by atoms with Gasteiger partial charge in [0.2, 0.25) is 0 Å². The summed E-state index contributed by atoms with van der Waals surface area (Å²) in [5, 5.41) is 6.02. The Kier molecular flexibility index (Phi) is 6.34. The van der Waals surface area contributed by atoms with E-state index in [0.717, 1.165) is 5.56 Å². The van der Waals surface area contributed by atoms with Crippen molar-refractivity contribution in [2.75, 3.05) is 19.3 Å². The first-order valence-electron chi connectivity index (χ1n) is 7.07. The third kappa shape index (κ3) is 5.63. The second-order valence-corrected chi connectivity index (χ2v) is 8.77. The fraction of sp³-hybridized carbons (Fsp3) is 0.533. The highest BCUT2D eigenvalue weighted by Crippen LogP contribution is 2.15. The highest BCUT2D eigenvalue weighted by atomic mass is 32.2. The third-order valence-electron chi connectivity index (χ3n) is 3.19. The van der Waals surface area contributed by atoms with Gasteiger partial charge in [0, 0.05) is 20.1 Å². The van der Waals surface area contributed by atoms with E-state index in [1.54, 1.807) is 40.0 Å². The van der Waals surface area contributed by atoms with Crippen LogP contribution in [-0.2, 0) is 16.4 Å². The summed E-state index contributed by atoms with van der Waals surface area (Å²) in [4.78, 5) is 4.03. The molecule has 0 fully saturated rings. The maximum absolute atomic E-state index is 12.8. The van der Waals surface area contributed by atoms with Crippen LogP contribution >= 0.6 is 0 Å². The molecule has 0 bridgehead atoms. The van der Waals surface area contributed by atoms with Crippen LogP contribution in [0.25, 0.3) is 0 Å². The number of aliphatic imine (C=N–C) groups is 1. The quantitative estimate of drug-likeness (QED) is 0.637. The molecular weight excluding hydrogens is 305 g/mol. The molecule has 0 aliphatic carbocycles. The van der Waals surface area contributed by atoms with Gasteiger partial charge < -0.3 is 10.6 Å². The number of halogens is 1. The number of guanidine groups is 1. The molecule has 0 heterocycles. The molecule has 0 saturated heterocycles. The summed E-state index contributed by atoms with van der Waals surface area (Å²) in [6.07, 6.45) is 0. The SMILES string of the molecule is CN=C(NCCS(=O)(=O)C(C)(C)C)NCc1ccc(F)cc1. The molecule has 0 aliphatic heterocycles. The largest absolute Gasteiger partial charge is 0.355 e. The second-order valence-electron chi connectivity index (χ2n) is 5.91. The van der Waals surface area contributed by atoms with Crippen LogP contribution in [0.4, 0.5) is 4.39 Å². The van der Waals surface area contributed by atoms with Crippen molar-refractivity contribution >= 4 is 15.8 Å². The lowest BCUT2D eigenvalue weighted by atomic mass is 10.2. The molecule has 0 unspecified atom stereocenters. The Morgan fingerprint density at radius 3 is 2.27 bits per heavy atom. The first kappa shape index (κ1) is 18.4. The lowest BCUT2D eigenvalue weighted by Crippen LogP contribution is -2.41. The molecule has 1 aromatic rings. The highest BCUT2D eigenvalue weighted by molar-refractivity contribution is 7.92. The molecule has 0 saturated carbocycles. The van der Waals surface area contributed by atoms with E-state index in [0.29, 0.717) is 12.5 Å². The van der Waals surface area contributed by atoms with Crippen molar-refractivity contribution < 1.29 is 12.8 Å². The first-order valence-corrected chi connectivity index (χ1v) is 8.72. The van der Waals surface area contributed by atoms with Gasteiger partial charge in [0.1, 0.15) is 5.82 Å². The van der Waals surface area contributed by atoms with Gasteiger partial charge in [-0.25, -0.2) is 12.8 Å². The van der Waals surface area contributed by atoms with Crippen LogP contribution in [0.5, 0.6) is 0 Å². The van der Waals surface area contributed by atoms with Crippen molar-refractivity contribution in [3.8, 4) is 0 Å². The van der Waals surface area contributed by atoms with Gasteiger partial charge in [-0.1, -0.05) is 12.1 Å². The van der Waals surface area contributed by atoms with E-state index in [-0.39, 0.29) is 18.1 Å². The van der Waals surface area contributed by atoms with Crippen LogP contribution < -0.4 is 10.6 Å². The molecule has 22 heavy (non-hydrogen) atoms. The summed E-state index contributed by atoms with van der Waals surface area (Å²) in [6, 6.07) is 6.14. The smallest absolute Gasteiger partial charge is 0.191 e. The Morgan fingerprint density at radius 2 is 1.77 bits per heavy atom. The Labute approximate surface area is 132 Å². The number of nitrogens with zero attached hydrogens (tertiary/aromatic N) is 1. The standard InChI is InChI=1S/C15H24FN3O2S/c1-15(2,3)22(20,21)10-9-18-14(17-4)19-11-12-5-7-13(16)8-6-12/h5-8H,9-11H2,1-4H3,(H2,17,18,19). The minimum Gasteiger partial charge on any atom is -0.355 e. The highest BCUT2D eigenvalue weighted by Gasteiger charge is 2.28. The number of hydrogen-bond acceptors (Lipinski definition) is 3. The minimum absolute atomic E-state index is 0.0355. The zero-order chi connectivity index (χ0) is 16.8. The summed E-state index contributed by atoms with van der Waals surface area (Å²) >= 11 is 0. The van der Waals surface area contributed by atoms with Gasteiger partial charge in [0.05, 0.1) is 10.5 Å². The fourth-order valence-corrected chi connectivity index (χ4v) is 2.60. The van der Waals surface area contributed by atoms with Crippen molar-refractivity contribution in [2.24, 2.45) is 4.99 Å². The molecular formula is C15H24FN3O2S. The van der Waals surface area contributed by atoms with E-state index in [4.69, 9.17) is 0 Å². The predicted octanol–water partition coefficient (Wildman–Crippen LogP) is 1.70. The molecule has 0 aliphatic rings. The lowest BCUT2D eigenvalue weighted by molar-refractivity contribution is 0.559. The minimum atomic E-state index is -3.16. The number of benzene rings is 1. The summed E-state index contributed by atoms with van der Waals surface area (Å²) in [5.74, 6) is 0.264. The van der Waals surface area contributed by atoms with Crippen LogP contribution in [0.3, 0.4) is 0 Å².